The Morgan fingerprint density at radius 2 is 1.70 bits per heavy atom. The number of carbonyl (C=O) groups is 2. The number of carboxylic acids is 1. The normalized spacial score (nSPS) is 28.1. The first-order valence-corrected chi connectivity index (χ1v) is 12.2. The summed E-state index contributed by atoms with van der Waals surface area (Å²) in [5.41, 5.74) is 4.67. The zero-order valence-corrected chi connectivity index (χ0v) is 19.2. The Morgan fingerprint density at radius 3 is 2.30 bits per heavy atom. The van der Waals surface area contributed by atoms with Gasteiger partial charge in [-0.3, -0.25) is 14.6 Å². The predicted octanol–water partition coefficient (Wildman–Crippen LogP) is 4.69. The highest BCUT2D eigenvalue weighted by molar-refractivity contribution is 6.04. The van der Waals surface area contributed by atoms with Crippen LogP contribution < -0.4 is 5.73 Å². The maximum atomic E-state index is 13.3. The Labute approximate surface area is 193 Å². The summed E-state index contributed by atoms with van der Waals surface area (Å²) in [6.07, 6.45) is 5.02. The summed E-state index contributed by atoms with van der Waals surface area (Å²) in [7, 11) is 0. The molecule has 0 aromatic rings. The van der Waals surface area contributed by atoms with Gasteiger partial charge in [0.15, 0.2) is 0 Å². The molecule has 0 bridgehead atoms. The van der Waals surface area contributed by atoms with E-state index in [0.29, 0.717) is 44.6 Å². The molecule has 3 aliphatic rings. The van der Waals surface area contributed by atoms with Crippen molar-refractivity contribution in [2.75, 3.05) is 19.6 Å². The maximum absolute atomic E-state index is 13.3. The van der Waals surface area contributed by atoms with Crippen molar-refractivity contribution in [1.82, 2.24) is 4.90 Å². The van der Waals surface area contributed by atoms with Gasteiger partial charge in [-0.1, -0.05) is 32.1 Å². The van der Waals surface area contributed by atoms with E-state index in [-0.39, 0.29) is 48.5 Å². The number of aliphatic imine (C=N–C) groups is 1. The van der Waals surface area contributed by atoms with E-state index in [0.717, 1.165) is 19.3 Å². The number of carboxylic acid groups (broad SMARTS) is 1. The van der Waals surface area contributed by atoms with Gasteiger partial charge in [0.1, 0.15) is 5.70 Å². The van der Waals surface area contributed by atoms with Gasteiger partial charge in [-0.2, -0.15) is 13.2 Å². The molecule has 0 radical (unpaired) electrons. The van der Waals surface area contributed by atoms with Gasteiger partial charge in [-0.25, -0.2) is 0 Å². The van der Waals surface area contributed by atoms with E-state index in [9.17, 15) is 22.8 Å². The van der Waals surface area contributed by atoms with Crippen molar-refractivity contribution in [3.63, 3.8) is 0 Å². The molecular weight excluding hydrogens is 435 g/mol. The molecule has 3 N–H and O–H groups in total. The average Bonchev–Trinajstić information content (AvgIpc) is 2.79. The highest BCUT2D eigenvalue weighted by Gasteiger charge is 2.38. The van der Waals surface area contributed by atoms with Crippen LogP contribution in [0.25, 0.3) is 0 Å². The molecule has 0 unspecified atom stereocenters. The number of hydrogen-bond acceptors (Lipinski definition) is 4. The van der Waals surface area contributed by atoms with Crippen molar-refractivity contribution in [2.24, 2.45) is 28.5 Å². The van der Waals surface area contributed by atoms with Gasteiger partial charge in [0, 0.05) is 25.1 Å². The van der Waals surface area contributed by atoms with Gasteiger partial charge in [0.2, 0.25) is 5.91 Å². The first-order chi connectivity index (χ1) is 15.6. The number of rotatable bonds is 6. The monoisotopic (exact) mass is 471 g/mol. The molecule has 0 atom stereocenters. The maximum Gasteiger partial charge on any atom is 0.431 e. The smallest absolute Gasteiger partial charge is 0.431 e. The number of piperidine rings is 1. The molecule has 2 saturated carbocycles. The van der Waals surface area contributed by atoms with Crippen LogP contribution in [0.5, 0.6) is 0 Å². The topological polar surface area (TPSA) is 96.0 Å². The minimum atomic E-state index is -4.62. The molecule has 6 nitrogen and oxygen atoms in total. The molecule has 0 spiro atoms. The average molecular weight is 472 g/mol. The third-order valence-corrected chi connectivity index (χ3v) is 7.53. The summed E-state index contributed by atoms with van der Waals surface area (Å²) in [5.74, 6) is -0.535. The number of allylic oxidation sites excluding steroid dienone is 1. The van der Waals surface area contributed by atoms with Gasteiger partial charge >= 0.3 is 12.1 Å². The Hall–Kier alpha value is -2.06. The molecule has 186 valence electrons. The summed E-state index contributed by atoms with van der Waals surface area (Å²) < 4.78 is 39.9. The highest BCUT2D eigenvalue weighted by Crippen LogP contribution is 2.33. The Kier molecular flexibility index (Phi) is 8.82. The number of aliphatic carboxylic acids is 1. The lowest BCUT2D eigenvalue weighted by Gasteiger charge is -2.33. The molecule has 1 amide bonds. The molecule has 0 aromatic carbocycles. The van der Waals surface area contributed by atoms with E-state index in [1.165, 1.54) is 19.3 Å². The van der Waals surface area contributed by atoms with Crippen LogP contribution in [0.2, 0.25) is 0 Å². The number of hydrogen-bond donors (Lipinski definition) is 2. The molecule has 1 heterocycles. The number of carbonyl (C=O) groups excluding carboxylic acids is 1. The Bertz CT molecular complexity index is 765. The molecule has 9 heteroatoms. The third-order valence-electron chi connectivity index (χ3n) is 7.53. The van der Waals surface area contributed by atoms with E-state index in [4.69, 9.17) is 10.8 Å². The van der Waals surface area contributed by atoms with Gasteiger partial charge in [-0.15, -0.1) is 0 Å². The lowest BCUT2D eigenvalue weighted by atomic mass is 9.80. The minimum absolute atomic E-state index is 0.0251. The van der Waals surface area contributed by atoms with Crippen molar-refractivity contribution < 1.29 is 27.9 Å². The fraction of sp³-hybridized carbons (Fsp3) is 0.792. The second kappa shape index (κ2) is 11.4. The number of halogens is 3. The molecule has 1 aliphatic heterocycles. The van der Waals surface area contributed by atoms with Crippen LogP contribution >= 0.6 is 0 Å². The number of nitrogens with two attached hydrogens (primary N) is 1. The van der Waals surface area contributed by atoms with Gasteiger partial charge < -0.3 is 15.7 Å². The molecule has 3 rings (SSSR count). The quantitative estimate of drug-likeness (QED) is 0.588. The summed E-state index contributed by atoms with van der Waals surface area (Å²) >= 11 is 0. The molecule has 1 saturated heterocycles. The van der Waals surface area contributed by atoms with Crippen LogP contribution in [0, 0.1) is 17.8 Å². The first kappa shape index (κ1) is 25.6. The molecule has 2 aliphatic carbocycles. The summed E-state index contributed by atoms with van der Waals surface area (Å²) in [5, 5.41) is 9.14. The lowest BCUT2D eigenvalue weighted by Crippen LogP contribution is -2.44. The third kappa shape index (κ3) is 7.21. The summed E-state index contributed by atoms with van der Waals surface area (Å²) in [6, 6.07) is 0. The van der Waals surface area contributed by atoms with Gasteiger partial charge in [0.05, 0.1) is 18.2 Å². The summed E-state index contributed by atoms with van der Waals surface area (Å²) in [6.45, 7) is 0.701. The number of alkyl halides is 3. The van der Waals surface area contributed by atoms with E-state index >= 15 is 0 Å². The van der Waals surface area contributed by atoms with Crippen LogP contribution in [0.1, 0.15) is 77.0 Å². The van der Waals surface area contributed by atoms with Crippen molar-refractivity contribution >= 4 is 17.6 Å². The van der Waals surface area contributed by atoms with Crippen LogP contribution in [0.4, 0.5) is 13.2 Å². The van der Waals surface area contributed by atoms with E-state index in [1.54, 1.807) is 4.90 Å². The standard InChI is InChI=1S/C24H36F3N3O3/c25-24(26,27)22(28)19-11-13-30(15-20(19)29-12-10-16-4-2-1-3-5-16)21(31)14-17-6-8-18(9-7-17)23(32)33/h16-18H,1-15,28H2,(H,32,33). The molecular formula is C24H36F3N3O3. The van der Waals surface area contributed by atoms with Crippen molar-refractivity contribution in [2.45, 2.75) is 83.2 Å². The number of amides is 1. The SMILES string of the molecule is NC(=C1CCN(C(=O)CC2CCC(C(=O)O)CC2)CC1=NCCC1CCCCC1)C(F)(F)F. The fourth-order valence-corrected chi connectivity index (χ4v) is 5.41. The van der Waals surface area contributed by atoms with E-state index in [1.807, 2.05) is 0 Å². The number of nitrogens with zero attached hydrogens (tertiary/aromatic N) is 2. The van der Waals surface area contributed by atoms with Crippen LogP contribution in [-0.2, 0) is 9.59 Å². The van der Waals surface area contributed by atoms with Crippen LogP contribution in [0.15, 0.2) is 16.3 Å². The Balaban J connectivity index is 1.63. The van der Waals surface area contributed by atoms with E-state index < -0.39 is 17.8 Å². The first-order valence-electron chi connectivity index (χ1n) is 12.2. The Morgan fingerprint density at radius 1 is 1.03 bits per heavy atom. The van der Waals surface area contributed by atoms with Crippen LogP contribution in [-0.4, -0.2) is 53.4 Å². The van der Waals surface area contributed by atoms with Crippen molar-refractivity contribution in [1.29, 1.82) is 0 Å². The van der Waals surface area contributed by atoms with Crippen molar-refractivity contribution in [3.05, 3.63) is 11.3 Å². The number of likely N-dealkylation sites (tertiary alicyclic amines) is 1. The van der Waals surface area contributed by atoms with Gasteiger partial charge in [0.25, 0.3) is 0 Å². The van der Waals surface area contributed by atoms with E-state index in [2.05, 4.69) is 4.99 Å². The molecule has 33 heavy (non-hydrogen) atoms. The zero-order chi connectivity index (χ0) is 24.0. The summed E-state index contributed by atoms with van der Waals surface area (Å²) in [4.78, 5) is 30.1. The minimum Gasteiger partial charge on any atom is -0.481 e. The lowest BCUT2D eigenvalue weighted by molar-refractivity contribution is -0.143. The van der Waals surface area contributed by atoms with Crippen molar-refractivity contribution in [3.8, 4) is 0 Å². The fourth-order valence-electron chi connectivity index (χ4n) is 5.41. The molecule has 3 fully saturated rings. The van der Waals surface area contributed by atoms with Crippen LogP contribution in [0.3, 0.4) is 0 Å². The molecule has 0 aromatic heterocycles. The predicted molar refractivity (Wildman–Crippen MR) is 120 cm³/mol. The second-order valence-corrected chi connectivity index (χ2v) is 9.84. The largest absolute Gasteiger partial charge is 0.481 e. The zero-order valence-electron chi connectivity index (χ0n) is 19.2. The highest BCUT2D eigenvalue weighted by atomic mass is 19.4. The second-order valence-electron chi connectivity index (χ2n) is 9.84. The van der Waals surface area contributed by atoms with Gasteiger partial charge in [-0.05, 0) is 50.4 Å².